The number of hydrogen-bond acceptors (Lipinski definition) is 8. The Labute approximate surface area is 272 Å². The predicted octanol–water partition coefficient (Wildman–Crippen LogP) is 3.06. The maximum absolute atomic E-state index is 14.0. The molecule has 2 aromatic carbocycles. The molecule has 0 spiro atoms. The first-order valence-corrected chi connectivity index (χ1v) is 17.4. The Morgan fingerprint density at radius 3 is 2.35 bits per heavy atom. The molecule has 46 heavy (non-hydrogen) atoms. The second kappa shape index (κ2) is 16.2. The number of ether oxygens (including phenoxy) is 2. The van der Waals surface area contributed by atoms with Crippen LogP contribution in [0.15, 0.2) is 67.1 Å². The van der Waals surface area contributed by atoms with Crippen LogP contribution in [0.4, 0.5) is 5.82 Å². The molecule has 250 valence electrons. The normalized spacial score (nSPS) is 15.5. The van der Waals surface area contributed by atoms with Gasteiger partial charge in [-0.15, -0.1) is 0 Å². The van der Waals surface area contributed by atoms with Gasteiger partial charge in [0, 0.05) is 25.8 Å². The SMILES string of the molecule is CCN(CC)CCS(=O)(=O)NC(COCc1ccccc1)C(=O)Nc1cn(C(C)(C(=O)N2CCCC2)c2ccc(OC)cc2)cn1. The van der Waals surface area contributed by atoms with E-state index in [4.69, 9.17) is 9.47 Å². The van der Waals surface area contributed by atoms with Crippen LogP contribution in [-0.2, 0) is 36.5 Å². The number of nitrogens with one attached hydrogen (secondary N) is 2. The van der Waals surface area contributed by atoms with Crippen molar-refractivity contribution in [2.75, 3.05) is 57.5 Å². The molecule has 2 unspecified atom stereocenters. The smallest absolute Gasteiger partial charge is 0.253 e. The summed E-state index contributed by atoms with van der Waals surface area (Å²) in [5, 5.41) is 2.74. The van der Waals surface area contributed by atoms with Crippen LogP contribution in [0.25, 0.3) is 0 Å². The molecule has 1 saturated heterocycles. The highest BCUT2D eigenvalue weighted by molar-refractivity contribution is 7.89. The maximum atomic E-state index is 14.0. The number of benzene rings is 2. The largest absolute Gasteiger partial charge is 0.497 e. The molecule has 0 bridgehead atoms. The van der Waals surface area contributed by atoms with Gasteiger partial charge in [-0.3, -0.25) is 9.59 Å². The van der Waals surface area contributed by atoms with Gasteiger partial charge in [-0.05, 0) is 56.1 Å². The summed E-state index contributed by atoms with van der Waals surface area (Å²) in [6, 6.07) is 15.5. The van der Waals surface area contributed by atoms with E-state index in [0.29, 0.717) is 38.5 Å². The summed E-state index contributed by atoms with van der Waals surface area (Å²) in [7, 11) is -2.24. The number of carbonyl (C=O) groups excluding carboxylic acids is 2. The lowest BCUT2D eigenvalue weighted by Crippen LogP contribution is -2.48. The summed E-state index contributed by atoms with van der Waals surface area (Å²) < 4.78 is 41.5. The van der Waals surface area contributed by atoms with E-state index in [2.05, 4.69) is 15.0 Å². The van der Waals surface area contributed by atoms with E-state index in [-0.39, 0.29) is 30.7 Å². The minimum absolute atomic E-state index is 0.0846. The van der Waals surface area contributed by atoms with Crippen molar-refractivity contribution in [3.05, 3.63) is 78.2 Å². The summed E-state index contributed by atoms with van der Waals surface area (Å²) in [4.78, 5) is 35.8. The molecule has 2 heterocycles. The lowest BCUT2D eigenvalue weighted by molar-refractivity contribution is -0.137. The van der Waals surface area contributed by atoms with Crippen LogP contribution in [0, 0.1) is 0 Å². The van der Waals surface area contributed by atoms with Gasteiger partial charge < -0.3 is 29.2 Å². The molecule has 0 radical (unpaired) electrons. The highest BCUT2D eigenvalue weighted by Gasteiger charge is 2.41. The fraction of sp³-hybridized carbons (Fsp3) is 0.485. The van der Waals surface area contributed by atoms with E-state index >= 15 is 0 Å². The number of imidazole rings is 1. The van der Waals surface area contributed by atoms with Crippen molar-refractivity contribution in [1.82, 2.24) is 24.1 Å². The number of nitrogens with zero attached hydrogens (tertiary/aromatic N) is 4. The number of anilines is 1. The molecule has 2 amide bonds. The molecule has 1 aliphatic rings. The zero-order valence-corrected chi connectivity index (χ0v) is 28.0. The molecule has 3 aromatic rings. The number of rotatable bonds is 17. The molecule has 4 rings (SSSR count). The monoisotopic (exact) mass is 654 g/mol. The van der Waals surface area contributed by atoms with Gasteiger partial charge >= 0.3 is 0 Å². The van der Waals surface area contributed by atoms with E-state index in [1.54, 1.807) is 30.0 Å². The average Bonchev–Trinajstić information content (AvgIpc) is 3.78. The average molecular weight is 655 g/mol. The summed E-state index contributed by atoms with van der Waals surface area (Å²) in [5.74, 6) is -0.0296. The number of amides is 2. The summed E-state index contributed by atoms with van der Waals surface area (Å²) >= 11 is 0. The molecule has 13 heteroatoms. The number of sulfonamides is 1. The third-order valence-electron chi connectivity index (χ3n) is 8.42. The van der Waals surface area contributed by atoms with Crippen molar-refractivity contribution in [3.63, 3.8) is 0 Å². The Balaban J connectivity index is 1.55. The van der Waals surface area contributed by atoms with Crippen LogP contribution in [-0.4, -0.2) is 97.8 Å². The van der Waals surface area contributed by atoms with E-state index in [1.165, 1.54) is 6.33 Å². The Morgan fingerprint density at radius 1 is 1.04 bits per heavy atom. The first kappa shape index (κ1) is 35.1. The second-order valence-electron chi connectivity index (χ2n) is 11.5. The Bertz CT molecular complexity index is 1520. The Kier molecular flexibility index (Phi) is 12.3. The van der Waals surface area contributed by atoms with Crippen LogP contribution in [0.1, 0.15) is 44.7 Å². The van der Waals surface area contributed by atoms with Gasteiger partial charge in [0.15, 0.2) is 5.82 Å². The van der Waals surface area contributed by atoms with Crippen molar-refractivity contribution in [3.8, 4) is 5.75 Å². The summed E-state index contributed by atoms with van der Waals surface area (Å²) in [6.45, 7) is 8.88. The van der Waals surface area contributed by atoms with Gasteiger partial charge in [0.25, 0.3) is 5.91 Å². The minimum atomic E-state index is -3.83. The van der Waals surface area contributed by atoms with Crippen LogP contribution < -0.4 is 14.8 Å². The molecule has 2 N–H and O–H groups in total. The van der Waals surface area contributed by atoms with Crippen LogP contribution in [0.3, 0.4) is 0 Å². The minimum Gasteiger partial charge on any atom is -0.497 e. The standard InChI is InChI=1S/C33H46N6O6S/c1-5-37(6-2)20-21-46(42,43)36-29(24-45-23-26-12-8-7-9-13-26)31(40)35-30-22-39(25-34-30)33(3,32(41)38-18-10-11-19-38)27-14-16-28(44-4)17-15-27/h7-9,12-17,22,25,29,36H,5-6,10-11,18-21,23-24H2,1-4H3,(H,35,40). The zero-order valence-electron chi connectivity index (χ0n) is 27.1. The molecule has 2 atom stereocenters. The zero-order chi connectivity index (χ0) is 33.2. The fourth-order valence-electron chi connectivity index (χ4n) is 5.47. The molecular formula is C33H46N6O6S. The van der Waals surface area contributed by atoms with Crippen LogP contribution in [0.2, 0.25) is 0 Å². The third kappa shape index (κ3) is 8.93. The lowest BCUT2D eigenvalue weighted by atomic mass is 9.90. The quantitative estimate of drug-likeness (QED) is 0.227. The molecule has 1 fully saturated rings. The molecule has 0 aliphatic carbocycles. The third-order valence-corrected chi connectivity index (χ3v) is 9.78. The van der Waals surface area contributed by atoms with Crippen LogP contribution in [0.5, 0.6) is 5.75 Å². The van der Waals surface area contributed by atoms with Crippen molar-refractivity contribution in [2.45, 2.75) is 51.8 Å². The topological polar surface area (TPSA) is 135 Å². The van der Waals surface area contributed by atoms with Crippen LogP contribution >= 0.6 is 0 Å². The van der Waals surface area contributed by atoms with E-state index in [9.17, 15) is 18.0 Å². The lowest BCUT2D eigenvalue weighted by Gasteiger charge is -2.34. The number of hydrogen-bond donors (Lipinski definition) is 2. The van der Waals surface area contributed by atoms with Gasteiger partial charge in [-0.2, -0.15) is 0 Å². The van der Waals surface area contributed by atoms with E-state index in [1.807, 2.05) is 73.0 Å². The van der Waals surface area contributed by atoms with Gasteiger partial charge in [0.2, 0.25) is 15.9 Å². The number of aromatic nitrogens is 2. The van der Waals surface area contributed by atoms with Crippen molar-refractivity contribution in [2.24, 2.45) is 0 Å². The highest BCUT2D eigenvalue weighted by Crippen LogP contribution is 2.32. The van der Waals surface area contributed by atoms with Gasteiger partial charge in [-0.1, -0.05) is 56.3 Å². The summed E-state index contributed by atoms with van der Waals surface area (Å²) in [6.07, 6.45) is 4.97. The van der Waals surface area contributed by atoms with Gasteiger partial charge in [-0.25, -0.2) is 18.1 Å². The Morgan fingerprint density at radius 2 is 1.72 bits per heavy atom. The van der Waals surface area contributed by atoms with Gasteiger partial charge in [0.05, 0.1) is 32.4 Å². The molecule has 1 aliphatic heterocycles. The fourth-order valence-corrected chi connectivity index (χ4v) is 6.69. The molecule has 0 saturated carbocycles. The second-order valence-corrected chi connectivity index (χ2v) is 13.3. The number of likely N-dealkylation sites (tertiary alicyclic amines) is 1. The van der Waals surface area contributed by atoms with Gasteiger partial charge in [0.1, 0.15) is 17.3 Å². The molecular weight excluding hydrogens is 608 g/mol. The molecule has 12 nitrogen and oxygen atoms in total. The molecule has 1 aromatic heterocycles. The Hall–Kier alpha value is -3.78. The first-order valence-electron chi connectivity index (χ1n) is 15.7. The van der Waals surface area contributed by atoms with E-state index < -0.39 is 27.5 Å². The van der Waals surface area contributed by atoms with Crippen molar-refractivity contribution in [1.29, 1.82) is 0 Å². The highest BCUT2D eigenvalue weighted by atomic mass is 32.2. The first-order chi connectivity index (χ1) is 22.1. The van der Waals surface area contributed by atoms with Crippen molar-refractivity contribution >= 4 is 27.7 Å². The van der Waals surface area contributed by atoms with E-state index in [0.717, 1.165) is 24.0 Å². The number of carbonyl (C=O) groups is 2. The predicted molar refractivity (Wildman–Crippen MR) is 177 cm³/mol. The van der Waals surface area contributed by atoms with Crippen molar-refractivity contribution < 1.29 is 27.5 Å². The number of methoxy groups -OCH3 is 1. The maximum Gasteiger partial charge on any atom is 0.253 e. The summed E-state index contributed by atoms with van der Waals surface area (Å²) in [5.41, 5.74) is 0.468.